The van der Waals surface area contributed by atoms with Crippen molar-refractivity contribution >= 4 is 0 Å². The molecule has 1 N–H and O–H groups in total. The highest BCUT2D eigenvalue weighted by molar-refractivity contribution is 5.42. The Kier molecular flexibility index (Phi) is 8.37. The van der Waals surface area contributed by atoms with Gasteiger partial charge in [-0.2, -0.15) is 0 Å². The van der Waals surface area contributed by atoms with E-state index in [4.69, 9.17) is 18.9 Å². The van der Waals surface area contributed by atoms with Gasteiger partial charge in [-0.3, -0.25) is 4.90 Å². The maximum atomic E-state index is 10.7. The molecule has 0 aromatic heterocycles. The molecule has 6 nitrogen and oxygen atoms in total. The van der Waals surface area contributed by atoms with Crippen molar-refractivity contribution in [1.82, 2.24) is 4.90 Å². The molecule has 2 atom stereocenters. The van der Waals surface area contributed by atoms with Crippen molar-refractivity contribution in [2.45, 2.75) is 38.5 Å². The van der Waals surface area contributed by atoms with Crippen LogP contribution < -0.4 is 14.2 Å². The lowest BCUT2D eigenvalue weighted by atomic mass is 10.1. The fourth-order valence-corrected chi connectivity index (χ4v) is 3.77. The minimum absolute atomic E-state index is 0.203. The molecule has 3 rings (SSSR count). The van der Waals surface area contributed by atoms with Gasteiger partial charge in [0.1, 0.15) is 18.5 Å². The first-order valence-electron chi connectivity index (χ1n) is 10.5. The molecule has 0 aliphatic carbocycles. The van der Waals surface area contributed by atoms with Crippen LogP contribution in [0, 0.1) is 6.92 Å². The summed E-state index contributed by atoms with van der Waals surface area (Å²) >= 11 is 0. The third-order valence-electron chi connectivity index (χ3n) is 5.33. The highest BCUT2D eigenvalue weighted by Gasteiger charge is 2.22. The molecule has 0 radical (unpaired) electrons. The van der Waals surface area contributed by atoms with E-state index in [0.717, 1.165) is 42.9 Å². The SMILES string of the molecule is COc1ccc(CN(CC(O)COc2ccccc2C)CC2CCCO2)cc1OC. The molecule has 1 aliphatic rings. The maximum Gasteiger partial charge on any atom is 0.161 e. The molecule has 1 saturated heterocycles. The smallest absolute Gasteiger partial charge is 0.161 e. The molecule has 6 heteroatoms. The van der Waals surface area contributed by atoms with E-state index in [1.807, 2.05) is 49.4 Å². The van der Waals surface area contributed by atoms with Gasteiger partial charge >= 0.3 is 0 Å². The summed E-state index contributed by atoms with van der Waals surface area (Å²) in [6.07, 6.45) is 1.74. The first kappa shape index (κ1) is 22.4. The van der Waals surface area contributed by atoms with Gasteiger partial charge in [-0.05, 0) is 49.1 Å². The zero-order chi connectivity index (χ0) is 21.3. The normalized spacial score (nSPS) is 17.2. The fourth-order valence-electron chi connectivity index (χ4n) is 3.77. The van der Waals surface area contributed by atoms with E-state index in [-0.39, 0.29) is 12.7 Å². The zero-order valence-electron chi connectivity index (χ0n) is 18.2. The van der Waals surface area contributed by atoms with Crippen LogP contribution in [0.3, 0.4) is 0 Å². The van der Waals surface area contributed by atoms with E-state index < -0.39 is 6.10 Å². The number of nitrogens with zero attached hydrogens (tertiary/aromatic N) is 1. The minimum Gasteiger partial charge on any atom is -0.493 e. The van der Waals surface area contributed by atoms with Gasteiger partial charge in [0.05, 0.1) is 20.3 Å². The third-order valence-corrected chi connectivity index (χ3v) is 5.33. The van der Waals surface area contributed by atoms with Gasteiger partial charge in [0, 0.05) is 26.2 Å². The Balaban J connectivity index is 1.63. The number of hydrogen-bond acceptors (Lipinski definition) is 6. The number of methoxy groups -OCH3 is 2. The second kappa shape index (κ2) is 11.2. The lowest BCUT2D eigenvalue weighted by Crippen LogP contribution is -2.39. The van der Waals surface area contributed by atoms with E-state index in [1.165, 1.54) is 0 Å². The van der Waals surface area contributed by atoms with Crippen molar-refractivity contribution in [3.63, 3.8) is 0 Å². The number of para-hydroxylation sites is 1. The predicted molar refractivity (Wildman–Crippen MR) is 116 cm³/mol. The average Bonchev–Trinajstić information content (AvgIpc) is 3.26. The summed E-state index contributed by atoms with van der Waals surface area (Å²) in [6, 6.07) is 13.8. The molecular formula is C24H33NO5. The minimum atomic E-state index is -0.605. The monoisotopic (exact) mass is 415 g/mol. The Morgan fingerprint density at radius 2 is 1.90 bits per heavy atom. The van der Waals surface area contributed by atoms with Gasteiger partial charge in [0.25, 0.3) is 0 Å². The van der Waals surface area contributed by atoms with Crippen molar-refractivity contribution < 1.29 is 24.1 Å². The Morgan fingerprint density at radius 1 is 1.10 bits per heavy atom. The molecule has 30 heavy (non-hydrogen) atoms. The van der Waals surface area contributed by atoms with E-state index >= 15 is 0 Å². The Bertz CT molecular complexity index is 791. The molecule has 2 aromatic carbocycles. The first-order chi connectivity index (χ1) is 14.6. The maximum absolute atomic E-state index is 10.7. The number of rotatable bonds is 11. The van der Waals surface area contributed by atoms with Gasteiger partial charge in [-0.25, -0.2) is 0 Å². The number of ether oxygens (including phenoxy) is 4. The molecular weight excluding hydrogens is 382 g/mol. The average molecular weight is 416 g/mol. The van der Waals surface area contributed by atoms with Crippen molar-refractivity contribution in [2.75, 3.05) is 40.5 Å². The molecule has 1 fully saturated rings. The van der Waals surface area contributed by atoms with Crippen molar-refractivity contribution in [3.8, 4) is 17.2 Å². The lowest BCUT2D eigenvalue weighted by molar-refractivity contribution is 0.0312. The van der Waals surface area contributed by atoms with Gasteiger partial charge < -0.3 is 24.1 Å². The molecule has 164 valence electrons. The van der Waals surface area contributed by atoms with Crippen molar-refractivity contribution in [2.24, 2.45) is 0 Å². The number of aliphatic hydroxyl groups is 1. The van der Waals surface area contributed by atoms with Crippen LogP contribution in [0.1, 0.15) is 24.0 Å². The molecule has 1 heterocycles. The van der Waals surface area contributed by atoms with Crippen LogP contribution in [-0.4, -0.2) is 62.7 Å². The largest absolute Gasteiger partial charge is 0.493 e. The van der Waals surface area contributed by atoms with E-state index in [9.17, 15) is 5.11 Å². The lowest BCUT2D eigenvalue weighted by Gasteiger charge is -2.28. The van der Waals surface area contributed by atoms with Crippen LogP contribution in [0.2, 0.25) is 0 Å². The molecule has 0 spiro atoms. The molecule has 2 aromatic rings. The topological polar surface area (TPSA) is 60.4 Å². The standard InChI is InChI=1S/C24H33NO5/c1-18-7-4-5-9-22(18)30-17-20(26)15-25(16-21-8-6-12-29-21)14-19-10-11-23(27-2)24(13-19)28-3/h4-5,7,9-11,13,20-21,26H,6,8,12,14-17H2,1-3H3. The zero-order valence-corrected chi connectivity index (χ0v) is 18.2. The van der Waals surface area contributed by atoms with E-state index in [2.05, 4.69) is 4.90 Å². The quantitative estimate of drug-likeness (QED) is 0.607. The van der Waals surface area contributed by atoms with E-state index in [1.54, 1.807) is 14.2 Å². The van der Waals surface area contributed by atoms with Gasteiger partial charge in [0.2, 0.25) is 0 Å². The number of hydrogen-bond donors (Lipinski definition) is 1. The summed E-state index contributed by atoms with van der Waals surface area (Å²) in [5.74, 6) is 2.22. The fraction of sp³-hybridized carbons (Fsp3) is 0.500. The molecule has 0 amide bonds. The highest BCUT2D eigenvalue weighted by Crippen LogP contribution is 2.28. The summed E-state index contributed by atoms with van der Waals surface area (Å²) in [5, 5.41) is 10.7. The van der Waals surface area contributed by atoms with Gasteiger partial charge in [-0.1, -0.05) is 24.3 Å². The van der Waals surface area contributed by atoms with Crippen LogP contribution in [0.25, 0.3) is 0 Å². The van der Waals surface area contributed by atoms with Gasteiger partial charge in [-0.15, -0.1) is 0 Å². The Morgan fingerprint density at radius 3 is 2.60 bits per heavy atom. The summed E-state index contributed by atoms with van der Waals surface area (Å²) in [6.45, 7) is 5.02. The Labute approximate surface area is 179 Å². The van der Waals surface area contributed by atoms with Crippen molar-refractivity contribution in [1.29, 1.82) is 0 Å². The number of benzene rings is 2. The predicted octanol–water partition coefficient (Wildman–Crippen LogP) is 3.43. The van der Waals surface area contributed by atoms with Crippen LogP contribution >= 0.6 is 0 Å². The van der Waals surface area contributed by atoms with Crippen LogP contribution in [-0.2, 0) is 11.3 Å². The van der Waals surface area contributed by atoms with Gasteiger partial charge in [0.15, 0.2) is 11.5 Å². The third kappa shape index (κ3) is 6.36. The van der Waals surface area contributed by atoms with Crippen LogP contribution in [0.5, 0.6) is 17.2 Å². The second-order valence-corrected chi connectivity index (χ2v) is 7.75. The molecule has 0 saturated carbocycles. The summed E-state index contributed by atoms with van der Waals surface area (Å²) in [5.41, 5.74) is 2.16. The molecule has 2 unspecified atom stereocenters. The Hall–Kier alpha value is -2.28. The first-order valence-corrected chi connectivity index (χ1v) is 10.5. The number of aliphatic hydroxyl groups excluding tert-OH is 1. The summed E-state index contributed by atoms with van der Waals surface area (Å²) in [4.78, 5) is 2.23. The summed E-state index contributed by atoms with van der Waals surface area (Å²) in [7, 11) is 3.27. The second-order valence-electron chi connectivity index (χ2n) is 7.75. The van der Waals surface area contributed by atoms with Crippen LogP contribution in [0.4, 0.5) is 0 Å². The van der Waals surface area contributed by atoms with E-state index in [0.29, 0.717) is 24.6 Å². The van der Waals surface area contributed by atoms with Crippen LogP contribution in [0.15, 0.2) is 42.5 Å². The summed E-state index contributed by atoms with van der Waals surface area (Å²) < 4.78 is 22.4. The van der Waals surface area contributed by atoms with Crippen molar-refractivity contribution in [3.05, 3.63) is 53.6 Å². The number of aryl methyl sites for hydroxylation is 1. The molecule has 0 bridgehead atoms. The highest BCUT2D eigenvalue weighted by atomic mass is 16.5. The molecule has 1 aliphatic heterocycles.